The van der Waals surface area contributed by atoms with Gasteiger partial charge >= 0.3 is 5.97 Å². The van der Waals surface area contributed by atoms with Crippen molar-refractivity contribution in [3.8, 4) is 0 Å². The standard InChI is InChI=1S/C59H78N2O22S4/c1-6-60-49-20-18-45-47(39-43(84(64,65)66)41-51(45)86(70,71)72)56(49)58(2,22-25-78-31-33-82-37-35-80-29-27-76-4)53(60)15-11-8-7-9-12-16-54-59(3,23-26-79-32-34-83-38-36-81-30-28-77-5)57-48-40-44(85(67,68)69)42-52(87(73,74)75)46(48)19-21-50(57)61(54)24-14-10-13-17-55(62)63/h7-9,11-12,15-16,18-21,39-42H,6,10,13-14,17,22-38H2,1-5H3,(H4-,62,63,64,65,66,67,68,69,70,71,72,73,74,75)/p-3. The van der Waals surface area contributed by atoms with Crippen LogP contribution in [-0.4, -0.2) is 193 Å². The van der Waals surface area contributed by atoms with Crippen LogP contribution in [0.4, 0.5) is 11.4 Å². The number of methoxy groups -OCH3 is 2. The molecule has 2 unspecified atom stereocenters. The summed E-state index contributed by atoms with van der Waals surface area (Å²) in [4.78, 5) is 9.85. The molecule has 87 heavy (non-hydrogen) atoms. The quantitative estimate of drug-likeness (QED) is 0.0227. The van der Waals surface area contributed by atoms with Gasteiger partial charge in [0.15, 0.2) is 5.71 Å². The van der Waals surface area contributed by atoms with E-state index >= 15 is 0 Å². The highest BCUT2D eigenvalue weighted by molar-refractivity contribution is 7.87. The van der Waals surface area contributed by atoms with Crippen molar-refractivity contribution in [3.63, 3.8) is 0 Å². The minimum atomic E-state index is -5.34. The van der Waals surface area contributed by atoms with Crippen molar-refractivity contribution >= 4 is 85.1 Å². The average molecular weight is 1290 g/mol. The van der Waals surface area contributed by atoms with Crippen LogP contribution in [0.15, 0.2) is 116 Å². The lowest BCUT2D eigenvalue weighted by Crippen LogP contribution is -2.33. The molecule has 4 aromatic carbocycles. The van der Waals surface area contributed by atoms with Gasteiger partial charge in [-0.2, -0.15) is 4.58 Å². The molecule has 6 rings (SSSR count). The first-order valence-electron chi connectivity index (χ1n) is 28.1. The van der Waals surface area contributed by atoms with Gasteiger partial charge < -0.3 is 66.1 Å². The average Bonchev–Trinajstić information content (AvgIpc) is 1.62. The van der Waals surface area contributed by atoms with Gasteiger partial charge in [-0.25, -0.2) is 33.7 Å². The minimum Gasteiger partial charge on any atom is -0.744 e. The molecule has 0 amide bonds. The number of fused-ring (bicyclic) bond motifs is 6. The first-order chi connectivity index (χ1) is 41.2. The molecule has 2 aliphatic heterocycles. The predicted octanol–water partition coefficient (Wildman–Crippen LogP) is 6.13. The lowest BCUT2D eigenvalue weighted by Gasteiger charge is -2.30. The Morgan fingerprint density at radius 1 is 0.540 bits per heavy atom. The maximum atomic E-state index is 12.8. The number of rotatable bonds is 39. The summed E-state index contributed by atoms with van der Waals surface area (Å²) in [6.45, 7) is 10.4. The van der Waals surface area contributed by atoms with E-state index < -0.39 is 76.9 Å². The molecule has 2 heterocycles. The molecule has 2 atom stereocenters. The number of benzene rings is 4. The Morgan fingerprint density at radius 3 is 1.46 bits per heavy atom. The molecule has 0 saturated heterocycles. The van der Waals surface area contributed by atoms with Crippen molar-refractivity contribution in [1.82, 2.24) is 0 Å². The number of carboxylic acids is 1. The molecule has 0 fully saturated rings. The Morgan fingerprint density at radius 2 is 0.989 bits per heavy atom. The van der Waals surface area contributed by atoms with Gasteiger partial charge in [-0.3, -0.25) is 4.79 Å². The molecule has 1 N–H and O–H groups in total. The van der Waals surface area contributed by atoms with Crippen molar-refractivity contribution in [3.05, 3.63) is 108 Å². The van der Waals surface area contributed by atoms with Crippen LogP contribution in [0.1, 0.15) is 70.4 Å². The van der Waals surface area contributed by atoms with Gasteiger partial charge in [0.25, 0.3) is 0 Å². The second-order valence-electron chi connectivity index (χ2n) is 20.8. The first kappa shape index (κ1) is 70.7. The number of hydrogen-bond donors (Lipinski definition) is 1. The second-order valence-corrected chi connectivity index (χ2v) is 26.2. The summed E-state index contributed by atoms with van der Waals surface area (Å²) >= 11 is 0. The van der Waals surface area contributed by atoms with Crippen molar-refractivity contribution in [2.75, 3.05) is 125 Å². The monoisotopic (exact) mass is 1290 g/mol. The number of ether oxygens (including phenoxy) is 8. The topological polar surface area (TPSA) is 346 Å². The SMILES string of the molecule is CCN1C(=CC=CC=CC=CC2=[N+](CCCCCC(=O)O)c3ccc4c(S(=O)(=O)[O-])cc(S(=O)(=O)[O-])cc4c3C2(C)CCOCCOCCOCCOC)C(C)(CCOCCOCCOCCOC)c2c1ccc1c(S(=O)(=O)[O-])cc(S(=O)(=O)[O-])cc21. The Labute approximate surface area is 509 Å². The molecule has 0 bridgehead atoms. The largest absolute Gasteiger partial charge is 0.744 e. The van der Waals surface area contributed by atoms with Crippen LogP contribution in [0.5, 0.6) is 0 Å². The highest BCUT2D eigenvalue weighted by Crippen LogP contribution is 2.54. The van der Waals surface area contributed by atoms with Crippen LogP contribution in [0.2, 0.25) is 0 Å². The molecule has 0 aromatic heterocycles. The highest BCUT2D eigenvalue weighted by atomic mass is 32.2. The zero-order valence-electron chi connectivity index (χ0n) is 49.3. The molecular formula is C59H75N2O22S4-3. The van der Waals surface area contributed by atoms with E-state index in [1.165, 1.54) is 12.1 Å². The van der Waals surface area contributed by atoms with Crippen LogP contribution < -0.4 is 4.90 Å². The van der Waals surface area contributed by atoms with Crippen molar-refractivity contribution < 1.29 is 104 Å². The Hall–Kier alpha value is -5.38. The van der Waals surface area contributed by atoms with Crippen LogP contribution in [0, 0.1) is 0 Å². The maximum Gasteiger partial charge on any atom is 0.303 e. The number of aliphatic carboxylic acids is 1. The Balaban J connectivity index is 1.38. The molecule has 2 aliphatic rings. The molecule has 0 aliphatic carbocycles. The summed E-state index contributed by atoms with van der Waals surface area (Å²) in [6.07, 6.45) is 14.1. The fraction of sp³-hybridized carbons (Fsp3) is 0.492. The third-order valence-electron chi connectivity index (χ3n) is 15.0. The van der Waals surface area contributed by atoms with Crippen molar-refractivity contribution in [1.29, 1.82) is 0 Å². The maximum absolute atomic E-state index is 12.8. The zero-order chi connectivity index (χ0) is 63.6. The lowest BCUT2D eigenvalue weighted by atomic mass is 9.75. The smallest absolute Gasteiger partial charge is 0.303 e. The lowest BCUT2D eigenvalue weighted by molar-refractivity contribution is -0.438. The number of anilines is 1. The highest BCUT2D eigenvalue weighted by Gasteiger charge is 2.49. The van der Waals surface area contributed by atoms with E-state index in [1.807, 2.05) is 42.4 Å². The van der Waals surface area contributed by atoms with E-state index in [-0.39, 0.29) is 80.4 Å². The number of hydrogen-bond acceptors (Lipinski definition) is 22. The molecule has 4 aromatic rings. The van der Waals surface area contributed by atoms with Gasteiger partial charge in [0.2, 0.25) is 5.69 Å². The number of carboxylic acid groups (broad SMARTS) is 1. The van der Waals surface area contributed by atoms with Gasteiger partial charge in [0, 0.05) is 86.7 Å². The fourth-order valence-corrected chi connectivity index (χ4v) is 13.6. The van der Waals surface area contributed by atoms with Crippen molar-refractivity contribution in [2.45, 2.75) is 89.7 Å². The number of unbranched alkanes of at least 4 members (excludes halogenated alkanes) is 2. The number of allylic oxidation sites excluding steroid dienone is 8. The van der Waals surface area contributed by atoms with Crippen LogP contribution in [0.3, 0.4) is 0 Å². The molecule has 0 spiro atoms. The molecular weight excluding hydrogens is 1220 g/mol. The molecule has 0 saturated carbocycles. The second kappa shape index (κ2) is 31.9. The van der Waals surface area contributed by atoms with Gasteiger partial charge in [-0.15, -0.1) is 0 Å². The molecule has 0 radical (unpaired) electrons. The third kappa shape index (κ3) is 18.4. The summed E-state index contributed by atoms with van der Waals surface area (Å²) in [5.74, 6) is -0.954. The minimum absolute atomic E-state index is 0.0436. The zero-order valence-corrected chi connectivity index (χ0v) is 52.5. The van der Waals surface area contributed by atoms with Crippen LogP contribution >= 0.6 is 0 Å². The van der Waals surface area contributed by atoms with Gasteiger partial charge in [-0.1, -0.05) is 36.4 Å². The summed E-state index contributed by atoms with van der Waals surface area (Å²) in [5.41, 5.74) is 1.12. The summed E-state index contributed by atoms with van der Waals surface area (Å²) in [7, 11) is -18.1. The van der Waals surface area contributed by atoms with E-state index in [2.05, 4.69) is 0 Å². The normalized spacial score (nSPS) is 18.1. The molecule has 28 heteroatoms. The number of nitrogens with zero attached hydrogens (tertiary/aromatic N) is 2. The third-order valence-corrected chi connectivity index (χ3v) is 18.4. The van der Waals surface area contributed by atoms with E-state index in [4.69, 9.17) is 37.9 Å². The Bertz CT molecular complexity index is 3700. The van der Waals surface area contributed by atoms with E-state index in [9.17, 15) is 61.8 Å². The molecule has 24 nitrogen and oxygen atoms in total. The summed E-state index contributed by atoms with van der Waals surface area (Å²) in [6, 6.07) is 9.41. The number of likely N-dealkylation sites (N-methyl/N-ethyl adjacent to an activating group) is 1. The van der Waals surface area contributed by atoms with Crippen LogP contribution in [0.25, 0.3) is 21.5 Å². The van der Waals surface area contributed by atoms with E-state index in [0.29, 0.717) is 131 Å². The van der Waals surface area contributed by atoms with E-state index in [1.54, 1.807) is 56.7 Å². The Kier molecular flexibility index (Phi) is 25.9. The first-order valence-corrected chi connectivity index (χ1v) is 33.7. The van der Waals surface area contributed by atoms with E-state index in [0.717, 1.165) is 12.1 Å². The van der Waals surface area contributed by atoms with Gasteiger partial charge in [-0.05, 0) is 111 Å². The summed E-state index contributed by atoms with van der Waals surface area (Å²) < 4.78 is 198. The van der Waals surface area contributed by atoms with Gasteiger partial charge in [0.1, 0.15) is 47.0 Å². The van der Waals surface area contributed by atoms with Crippen LogP contribution in [-0.2, 0) is 94.0 Å². The summed E-state index contributed by atoms with van der Waals surface area (Å²) in [5, 5.41) is 9.33. The fourth-order valence-electron chi connectivity index (χ4n) is 10.9. The van der Waals surface area contributed by atoms with Gasteiger partial charge in [0.05, 0.1) is 104 Å². The predicted molar refractivity (Wildman–Crippen MR) is 317 cm³/mol. The molecule has 480 valence electrons. The number of carbonyl (C=O) groups is 1. The van der Waals surface area contributed by atoms with Crippen molar-refractivity contribution in [2.24, 2.45) is 0 Å².